The third kappa shape index (κ3) is 4.69. The Morgan fingerprint density at radius 3 is 2.55 bits per heavy atom. The van der Waals surface area contributed by atoms with Gasteiger partial charge >= 0.3 is 0 Å². The van der Waals surface area contributed by atoms with Gasteiger partial charge in [-0.3, -0.25) is 4.79 Å². The zero-order chi connectivity index (χ0) is 23.9. The Bertz CT molecular complexity index is 1240. The summed E-state index contributed by atoms with van der Waals surface area (Å²) in [7, 11) is 0. The van der Waals surface area contributed by atoms with E-state index in [1.54, 1.807) is 11.8 Å². The summed E-state index contributed by atoms with van der Waals surface area (Å²) in [6.45, 7) is 8.22. The van der Waals surface area contributed by atoms with Crippen LogP contribution in [0.25, 0.3) is 0 Å². The summed E-state index contributed by atoms with van der Waals surface area (Å²) in [6, 6.07) is 14.3. The molecule has 0 aromatic heterocycles. The second-order valence-corrected chi connectivity index (χ2v) is 11.1. The number of hydrogen-bond acceptors (Lipinski definition) is 5. The quantitative estimate of drug-likeness (QED) is 0.494. The molecule has 1 heterocycles. The number of hydrogen-bond donors (Lipinski definition) is 1. The van der Waals surface area contributed by atoms with Crippen LogP contribution >= 0.6 is 23.4 Å². The number of nitrogens with zero attached hydrogens (tertiary/aromatic N) is 1. The van der Waals surface area contributed by atoms with Crippen LogP contribution < -0.4 is 5.73 Å². The first-order valence-corrected chi connectivity index (χ1v) is 12.3. The molecule has 0 saturated carbocycles. The second-order valence-electron chi connectivity index (χ2n) is 9.58. The summed E-state index contributed by atoms with van der Waals surface area (Å²) in [5.74, 6) is 1.00. The van der Waals surface area contributed by atoms with Gasteiger partial charge in [-0.05, 0) is 65.8 Å². The lowest BCUT2D eigenvalue weighted by Crippen LogP contribution is -2.33. The fourth-order valence-electron chi connectivity index (χ4n) is 4.67. The van der Waals surface area contributed by atoms with Crippen molar-refractivity contribution in [3.05, 3.63) is 86.5 Å². The number of allylic oxidation sites excluding steroid dienone is 3. The number of benzene rings is 2. The monoisotopic (exact) mass is 478 g/mol. The molecule has 2 aliphatic rings. The average Bonchev–Trinajstić information content (AvgIpc) is 2.72. The Hall–Kier alpha value is -2.68. The van der Waals surface area contributed by atoms with Crippen LogP contribution in [0, 0.1) is 30.6 Å². The summed E-state index contributed by atoms with van der Waals surface area (Å²) in [5.41, 5.74) is 11.2. The van der Waals surface area contributed by atoms with Crippen molar-refractivity contribution < 1.29 is 9.53 Å². The van der Waals surface area contributed by atoms with Gasteiger partial charge in [-0.2, -0.15) is 5.26 Å². The summed E-state index contributed by atoms with van der Waals surface area (Å²) >= 11 is 7.73. The van der Waals surface area contributed by atoms with Crippen LogP contribution in [0.3, 0.4) is 0 Å². The first kappa shape index (κ1) is 23.5. The van der Waals surface area contributed by atoms with Crippen LogP contribution in [-0.4, -0.2) is 5.78 Å². The molecule has 0 unspecified atom stereocenters. The van der Waals surface area contributed by atoms with Gasteiger partial charge in [0.2, 0.25) is 5.88 Å². The molecule has 0 amide bonds. The number of Topliss-reactive ketones (excluding diaryl/α,β-unsaturated/α-hetero) is 1. The van der Waals surface area contributed by atoms with E-state index in [1.165, 1.54) is 5.56 Å². The highest BCUT2D eigenvalue weighted by Gasteiger charge is 2.43. The Morgan fingerprint density at radius 1 is 1.18 bits per heavy atom. The summed E-state index contributed by atoms with van der Waals surface area (Å²) in [5, 5.41) is 10.7. The van der Waals surface area contributed by atoms with Gasteiger partial charge in [0.05, 0.1) is 5.92 Å². The van der Waals surface area contributed by atoms with Crippen molar-refractivity contribution >= 4 is 29.1 Å². The molecule has 4 nitrogen and oxygen atoms in total. The third-order valence-corrected chi connectivity index (χ3v) is 7.63. The predicted octanol–water partition coefficient (Wildman–Crippen LogP) is 6.70. The molecule has 0 fully saturated rings. The van der Waals surface area contributed by atoms with Crippen LogP contribution in [0.4, 0.5) is 0 Å². The maximum Gasteiger partial charge on any atom is 0.205 e. The van der Waals surface area contributed by atoms with Crippen LogP contribution in [0.1, 0.15) is 54.9 Å². The molecule has 0 saturated heterocycles. The SMILES string of the molecule is Cc1cc(C)c([C@@H]2C(C#N)=C(N)OC3=C2C(=O)CC(C)(C)C3)cc1CSc1ccc(Cl)cc1. The third-order valence-electron chi connectivity index (χ3n) is 6.32. The van der Waals surface area contributed by atoms with E-state index in [1.807, 2.05) is 31.2 Å². The molecule has 1 atom stereocenters. The zero-order valence-electron chi connectivity index (χ0n) is 19.3. The first-order chi connectivity index (χ1) is 15.6. The number of carbonyl (C=O) groups is 1. The highest BCUT2D eigenvalue weighted by Crippen LogP contribution is 2.48. The Kier molecular flexibility index (Phi) is 6.35. The molecule has 0 radical (unpaired) electrons. The smallest absolute Gasteiger partial charge is 0.205 e. The van der Waals surface area contributed by atoms with E-state index < -0.39 is 5.92 Å². The summed E-state index contributed by atoms with van der Waals surface area (Å²) in [6.07, 6.45) is 1.04. The average molecular weight is 479 g/mol. The van der Waals surface area contributed by atoms with E-state index in [-0.39, 0.29) is 17.1 Å². The van der Waals surface area contributed by atoms with E-state index in [0.717, 1.165) is 27.3 Å². The van der Waals surface area contributed by atoms with Crippen molar-refractivity contribution in [1.82, 2.24) is 0 Å². The fraction of sp³-hybridized carbons (Fsp3) is 0.333. The lowest BCUT2D eigenvalue weighted by molar-refractivity contribution is -0.119. The highest BCUT2D eigenvalue weighted by molar-refractivity contribution is 7.98. The maximum atomic E-state index is 13.3. The minimum absolute atomic E-state index is 0.0311. The summed E-state index contributed by atoms with van der Waals surface area (Å²) < 4.78 is 5.84. The van der Waals surface area contributed by atoms with Crippen molar-refractivity contribution in [1.29, 1.82) is 5.26 Å². The first-order valence-electron chi connectivity index (χ1n) is 10.9. The number of nitrogens with two attached hydrogens (primary N) is 1. The summed E-state index contributed by atoms with van der Waals surface area (Å²) in [4.78, 5) is 14.4. The Morgan fingerprint density at radius 2 is 1.88 bits per heavy atom. The van der Waals surface area contributed by atoms with Crippen LogP contribution in [0.2, 0.25) is 5.02 Å². The molecule has 2 N–H and O–H groups in total. The molecule has 2 aromatic carbocycles. The molecular formula is C27H27ClN2O2S. The lowest BCUT2D eigenvalue weighted by atomic mass is 9.69. The molecule has 170 valence electrons. The molecular weight excluding hydrogens is 452 g/mol. The largest absolute Gasteiger partial charge is 0.444 e. The van der Waals surface area contributed by atoms with Gasteiger partial charge in [-0.25, -0.2) is 0 Å². The van der Waals surface area contributed by atoms with E-state index in [9.17, 15) is 10.1 Å². The molecule has 0 bridgehead atoms. The predicted molar refractivity (Wildman–Crippen MR) is 133 cm³/mol. The number of ketones is 1. The van der Waals surface area contributed by atoms with Crippen LogP contribution in [0.15, 0.2) is 64.1 Å². The number of rotatable bonds is 4. The number of ether oxygens (including phenoxy) is 1. The van der Waals surface area contributed by atoms with E-state index in [4.69, 9.17) is 22.1 Å². The zero-order valence-corrected chi connectivity index (χ0v) is 20.9. The molecule has 0 spiro atoms. The van der Waals surface area contributed by atoms with Gasteiger partial charge in [0, 0.05) is 34.1 Å². The minimum Gasteiger partial charge on any atom is -0.444 e. The van der Waals surface area contributed by atoms with Gasteiger partial charge in [-0.15, -0.1) is 11.8 Å². The molecule has 33 heavy (non-hydrogen) atoms. The maximum absolute atomic E-state index is 13.3. The van der Waals surface area contributed by atoms with Gasteiger partial charge in [0.15, 0.2) is 5.78 Å². The number of aryl methyl sites for hydroxylation is 2. The van der Waals surface area contributed by atoms with E-state index in [2.05, 4.69) is 39.0 Å². The molecule has 6 heteroatoms. The van der Waals surface area contributed by atoms with Crippen LogP contribution in [0.5, 0.6) is 0 Å². The normalized spacial score (nSPS) is 19.8. The molecule has 2 aromatic rings. The Labute approximate surface area is 204 Å². The number of nitriles is 1. The number of halogens is 1. The van der Waals surface area contributed by atoms with Gasteiger partial charge < -0.3 is 10.5 Å². The number of thioether (sulfide) groups is 1. The van der Waals surface area contributed by atoms with Crippen molar-refractivity contribution in [2.24, 2.45) is 11.1 Å². The van der Waals surface area contributed by atoms with E-state index >= 15 is 0 Å². The Balaban J connectivity index is 1.77. The van der Waals surface area contributed by atoms with Crippen LogP contribution in [-0.2, 0) is 15.3 Å². The van der Waals surface area contributed by atoms with E-state index in [0.29, 0.717) is 34.8 Å². The fourth-order valence-corrected chi connectivity index (χ4v) is 5.76. The lowest BCUT2D eigenvalue weighted by Gasteiger charge is -2.37. The van der Waals surface area contributed by atoms with Gasteiger partial charge in [-0.1, -0.05) is 37.6 Å². The van der Waals surface area contributed by atoms with Crippen molar-refractivity contribution in [2.75, 3.05) is 0 Å². The minimum atomic E-state index is -0.498. The van der Waals surface area contributed by atoms with Crippen molar-refractivity contribution in [2.45, 2.75) is 57.1 Å². The standard InChI is InChI=1S/C27H27ClN2O2S/c1-15-9-16(2)20(10-17(15)14-33-19-7-5-18(28)6-8-19)24-21(13-29)26(30)32-23-12-27(3,4)11-22(31)25(23)24/h5-10,24H,11-12,14,30H2,1-4H3/t24-/m1/s1. The molecule has 4 rings (SSSR count). The highest BCUT2D eigenvalue weighted by atomic mass is 35.5. The number of carbonyl (C=O) groups excluding carboxylic acids is 1. The van der Waals surface area contributed by atoms with Gasteiger partial charge in [0.25, 0.3) is 0 Å². The second kappa shape index (κ2) is 8.93. The van der Waals surface area contributed by atoms with Crippen molar-refractivity contribution in [3.8, 4) is 6.07 Å². The van der Waals surface area contributed by atoms with Gasteiger partial charge in [0.1, 0.15) is 17.4 Å². The molecule has 1 aliphatic heterocycles. The topological polar surface area (TPSA) is 76.1 Å². The van der Waals surface area contributed by atoms with Crippen molar-refractivity contribution in [3.63, 3.8) is 0 Å². The molecule has 1 aliphatic carbocycles.